The van der Waals surface area contributed by atoms with Gasteiger partial charge in [0.05, 0.1) is 22.7 Å². The fraction of sp³-hybridized carbons (Fsp3) is 0.278. The van der Waals surface area contributed by atoms with Crippen molar-refractivity contribution in [1.82, 2.24) is 0 Å². The lowest BCUT2D eigenvalue weighted by Gasteiger charge is -2.28. The van der Waals surface area contributed by atoms with E-state index < -0.39 is 23.4 Å². The summed E-state index contributed by atoms with van der Waals surface area (Å²) < 4.78 is 11.4. The van der Waals surface area contributed by atoms with Gasteiger partial charge in [0, 0.05) is 0 Å². The van der Waals surface area contributed by atoms with Gasteiger partial charge in [-0.2, -0.15) is 10.0 Å². The predicted octanol–water partition coefficient (Wildman–Crippen LogP) is 8.72. The van der Waals surface area contributed by atoms with Gasteiger partial charge >= 0.3 is 12.2 Å². The molecule has 4 aromatic rings. The molecule has 0 unspecified atom stereocenters. The Morgan fingerprint density at radius 1 is 0.500 bits per heavy atom. The largest absolute Gasteiger partial charge is 0.442 e. The third-order valence-electron chi connectivity index (χ3n) is 6.75. The standard InChI is InChI=1S/C36H40N4O4/c1-35(2,3)43-33(41)39-31-19-11-27(12-20-31)24-28-13-21-32(22-14-28)40(34(42)44-36(4,5)6)38-30-17-9-26(10-18-30)23-25-7-15-29(37-39)16-8-25/h7-22,37-38H,23-24H2,1-6H3. The Morgan fingerprint density at radius 3 is 1.05 bits per heavy atom. The number of nitrogens with zero attached hydrogens (tertiary/aromatic N) is 2. The van der Waals surface area contributed by atoms with Crippen molar-refractivity contribution >= 4 is 34.9 Å². The first-order valence-electron chi connectivity index (χ1n) is 14.8. The second-order valence-electron chi connectivity index (χ2n) is 12.9. The highest BCUT2D eigenvalue weighted by molar-refractivity contribution is 5.91. The quantitative estimate of drug-likeness (QED) is 0.212. The van der Waals surface area contributed by atoms with E-state index in [9.17, 15) is 9.59 Å². The van der Waals surface area contributed by atoms with Crippen LogP contribution in [0.4, 0.5) is 32.3 Å². The maximum Gasteiger partial charge on any atom is 0.433 e. The smallest absolute Gasteiger partial charge is 0.433 e. The van der Waals surface area contributed by atoms with Crippen molar-refractivity contribution in [3.05, 3.63) is 119 Å². The minimum absolute atomic E-state index is 0.498. The molecule has 8 nitrogen and oxygen atoms in total. The van der Waals surface area contributed by atoms with Gasteiger partial charge in [0.15, 0.2) is 0 Å². The van der Waals surface area contributed by atoms with Gasteiger partial charge in [-0.3, -0.25) is 10.9 Å². The van der Waals surface area contributed by atoms with Gasteiger partial charge in [-0.15, -0.1) is 0 Å². The van der Waals surface area contributed by atoms with Gasteiger partial charge in [-0.25, -0.2) is 9.59 Å². The summed E-state index contributed by atoms with van der Waals surface area (Å²) in [5, 5.41) is 2.86. The lowest BCUT2D eigenvalue weighted by Crippen LogP contribution is -2.40. The van der Waals surface area contributed by atoms with Gasteiger partial charge in [-0.05, 0) is 125 Å². The topological polar surface area (TPSA) is 83.1 Å². The SMILES string of the molecule is CC(C)(C)OC(=O)N1Nc2ccc(cc2)Cc2ccc(cc2)NN(C(=O)OC(C)(C)C)c2ccc(cc2)Cc2ccc1cc2. The van der Waals surface area contributed by atoms with Crippen molar-refractivity contribution in [3.63, 3.8) is 0 Å². The molecule has 0 aromatic heterocycles. The van der Waals surface area contributed by atoms with Crippen molar-refractivity contribution in [1.29, 1.82) is 0 Å². The molecule has 0 radical (unpaired) electrons. The molecule has 4 aromatic carbocycles. The van der Waals surface area contributed by atoms with Crippen molar-refractivity contribution in [2.24, 2.45) is 0 Å². The number of benzene rings is 4. The summed E-state index contributed by atoms with van der Waals surface area (Å²) >= 11 is 0. The van der Waals surface area contributed by atoms with Crippen molar-refractivity contribution in [2.75, 3.05) is 20.9 Å². The highest BCUT2D eigenvalue weighted by Gasteiger charge is 2.25. The van der Waals surface area contributed by atoms with Gasteiger partial charge in [0.25, 0.3) is 0 Å². The minimum Gasteiger partial charge on any atom is -0.442 e. The zero-order chi connectivity index (χ0) is 31.5. The van der Waals surface area contributed by atoms with Crippen LogP contribution in [-0.4, -0.2) is 23.4 Å². The van der Waals surface area contributed by atoms with E-state index in [4.69, 9.17) is 9.47 Å². The number of anilines is 4. The van der Waals surface area contributed by atoms with Crippen LogP contribution in [-0.2, 0) is 22.3 Å². The van der Waals surface area contributed by atoms with Gasteiger partial charge < -0.3 is 9.47 Å². The van der Waals surface area contributed by atoms with E-state index in [-0.39, 0.29) is 0 Å². The Balaban J connectivity index is 1.51. The van der Waals surface area contributed by atoms with Gasteiger partial charge in [0.1, 0.15) is 11.2 Å². The fourth-order valence-corrected chi connectivity index (χ4v) is 4.70. The van der Waals surface area contributed by atoms with Crippen LogP contribution in [0.1, 0.15) is 63.8 Å². The van der Waals surface area contributed by atoms with E-state index in [2.05, 4.69) is 10.9 Å². The third-order valence-corrected chi connectivity index (χ3v) is 6.75. The summed E-state index contributed by atoms with van der Waals surface area (Å²) in [5.74, 6) is 0. The molecule has 0 saturated heterocycles. The van der Waals surface area contributed by atoms with E-state index >= 15 is 0 Å². The molecule has 0 spiro atoms. The van der Waals surface area contributed by atoms with Crippen molar-refractivity contribution < 1.29 is 19.1 Å². The molecule has 7 heterocycles. The summed E-state index contributed by atoms with van der Waals surface area (Å²) in [6, 6.07) is 31.5. The molecule has 7 aliphatic rings. The normalized spacial score (nSPS) is 13.5. The van der Waals surface area contributed by atoms with E-state index in [0.29, 0.717) is 17.8 Å². The number of amides is 2. The second-order valence-corrected chi connectivity index (χ2v) is 12.9. The molecule has 8 heteroatoms. The van der Waals surface area contributed by atoms with Crippen LogP contribution >= 0.6 is 0 Å². The number of rotatable bonds is 0. The Labute approximate surface area is 259 Å². The molecule has 0 saturated carbocycles. The maximum absolute atomic E-state index is 13.3. The summed E-state index contributed by atoms with van der Waals surface area (Å²) in [5.41, 5.74) is 12.4. The highest BCUT2D eigenvalue weighted by Crippen LogP contribution is 2.26. The van der Waals surface area contributed by atoms with Crippen LogP contribution in [0.25, 0.3) is 0 Å². The zero-order valence-corrected chi connectivity index (χ0v) is 26.2. The molecule has 0 aliphatic carbocycles. The number of carbonyl (C=O) groups is 2. The number of carbonyl (C=O) groups excluding carboxylic acids is 2. The first-order valence-corrected chi connectivity index (χ1v) is 14.8. The first kappa shape index (κ1) is 30.5. The molecule has 7 aliphatic heterocycles. The highest BCUT2D eigenvalue weighted by atomic mass is 16.6. The monoisotopic (exact) mass is 592 g/mol. The number of hydrogen-bond donors (Lipinski definition) is 2. The Hall–Kier alpha value is -4.98. The fourth-order valence-electron chi connectivity index (χ4n) is 4.70. The van der Waals surface area contributed by atoms with Crippen LogP contribution in [0.5, 0.6) is 0 Å². The number of hydrazine groups is 2. The Kier molecular flexibility index (Phi) is 8.54. The second kappa shape index (κ2) is 12.3. The average Bonchev–Trinajstić information content (AvgIpc) is 2.95. The van der Waals surface area contributed by atoms with E-state index in [1.807, 2.05) is 139 Å². The van der Waals surface area contributed by atoms with Crippen LogP contribution in [0, 0.1) is 0 Å². The summed E-state index contributed by atoms with van der Waals surface area (Å²) in [6.45, 7) is 11.1. The number of nitrogens with one attached hydrogen (secondary N) is 2. The van der Waals surface area contributed by atoms with Crippen LogP contribution in [0.3, 0.4) is 0 Å². The van der Waals surface area contributed by atoms with Crippen molar-refractivity contribution in [3.8, 4) is 0 Å². The Bertz CT molecular complexity index is 1460. The lowest BCUT2D eigenvalue weighted by atomic mass is 10.0. The van der Waals surface area contributed by atoms with Crippen LogP contribution in [0.15, 0.2) is 97.1 Å². The predicted molar refractivity (Wildman–Crippen MR) is 176 cm³/mol. The van der Waals surface area contributed by atoms with Crippen LogP contribution in [0.2, 0.25) is 0 Å². The Morgan fingerprint density at radius 2 is 0.773 bits per heavy atom. The van der Waals surface area contributed by atoms with Crippen LogP contribution < -0.4 is 20.9 Å². The summed E-state index contributed by atoms with van der Waals surface area (Å²) in [7, 11) is 0. The molecule has 44 heavy (non-hydrogen) atoms. The number of hydrogen-bond acceptors (Lipinski definition) is 6. The summed E-state index contributed by atoms with van der Waals surface area (Å²) in [6.07, 6.45) is 0.392. The zero-order valence-electron chi connectivity index (χ0n) is 26.2. The molecule has 0 fully saturated rings. The molecule has 8 bridgehead atoms. The van der Waals surface area contributed by atoms with Gasteiger partial charge in [-0.1, -0.05) is 48.5 Å². The van der Waals surface area contributed by atoms with Crippen molar-refractivity contribution in [2.45, 2.75) is 65.6 Å². The van der Waals surface area contributed by atoms with Gasteiger partial charge in [0.2, 0.25) is 0 Å². The maximum atomic E-state index is 13.3. The molecule has 11 rings (SSSR count). The lowest BCUT2D eigenvalue weighted by molar-refractivity contribution is 0.0578. The molecule has 0 atom stereocenters. The molecule has 2 amide bonds. The minimum atomic E-state index is -0.653. The third kappa shape index (κ3) is 8.10. The molecule has 2 N–H and O–H groups in total. The first-order chi connectivity index (χ1) is 20.8. The number of ether oxygens (including phenoxy) is 2. The molecule has 228 valence electrons. The summed E-state index contributed by atoms with van der Waals surface area (Å²) in [4.78, 5) is 26.5. The van der Waals surface area contributed by atoms with E-state index in [1.54, 1.807) is 0 Å². The van der Waals surface area contributed by atoms with E-state index in [1.165, 1.54) is 10.0 Å². The van der Waals surface area contributed by atoms with E-state index in [0.717, 1.165) is 40.0 Å². The molecular formula is C36H40N4O4. The average molecular weight is 593 g/mol. The molecular weight excluding hydrogens is 552 g/mol.